The van der Waals surface area contributed by atoms with E-state index in [-0.39, 0.29) is 11.4 Å². The molecule has 0 fully saturated rings. The molecule has 0 amide bonds. The smallest absolute Gasteiger partial charge is 0.243 e. The molecule has 2 rings (SSSR count). The van der Waals surface area contributed by atoms with Crippen molar-refractivity contribution < 1.29 is 4.79 Å². The molecule has 0 saturated carbocycles. The molecular weight excluding hydrogens is 268 g/mol. The highest BCUT2D eigenvalue weighted by atomic mass is 16.2. The Labute approximate surface area is 124 Å². The number of hydrogen-bond donors (Lipinski definition) is 0. The minimum Gasteiger partial charge on any atom is -0.243 e. The highest BCUT2D eigenvalue weighted by molar-refractivity contribution is 5.77. The molecule has 0 aliphatic rings. The molecular formula is C14H22N6O. The number of nitrogens with zero attached hydrogens (tertiary/aromatic N) is 6. The van der Waals surface area contributed by atoms with Crippen LogP contribution in [-0.2, 0) is 11.8 Å². The van der Waals surface area contributed by atoms with Gasteiger partial charge in [0.25, 0.3) is 0 Å². The minimum atomic E-state index is -0.345. The number of rotatable bonds is 4. The summed E-state index contributed by atoms with van der Waals surface area (Å²) >= 11 is 0. The molecule has 7 heteroatoms. The average Bonchev–Trinajstić information content (AvgIpc) is 3.07. The van der Waals surface area contributed by atoms with Crippen LogP contribution in [0.4, 0.5) is 4.79 Å². The number of aromatic nitrogens is 6. The zero-order chi connectivity index (χ0) is 15.5. The zero-order valence-electron chi connectivity index (χ0n) is 13.1. The first-order chi connectivity index (χ1) is 9.93. The summed E-state index contributed by atoms with van der Waals surface area (Å²) in [4.78, 5) is 20.8. The molecule has 0 unspecified atom stereocenters. The Bertz CT molecular complexity index is 594. The number of hydrogen-bond acceptors (Lipinski definition) is 5. The Balaban J connectivity index is 2.33. The van der Waals surface area contributed by atoms with E-state index in [4.69, 9.17) is 0 Å². The Morgan fingerprint density at radius 3 is 2.62 bits per heavy atom. The van der Waals surface area contributed by atoms with Crippen LogP contribution >= 0.6 is 0 Å². The molecule has 114 valence electrons. The van der Waals surface area contributed by atoms with Gasteiger partial charge in [-0.05, 0) is 6.42 Å². The number of aryl methyl sites for hydroxylation is 1. The van der Waals surface area contributed by atoms with E-state index in [1.54, 1.807) is 0 Å². The van der Waals surface area contributed by atoms with E-state index in [9.17, 15) is 4.79 Å². The van der Waals surface area contributed by atoms with Gasteiger partial charge in [-0.2, -0.15) is 14.5 Å². The lowest BCUT2D eigenvalue weighted by atomic mass is 9.96. The third-order valence-corrected chi connectivity index (χ3v) is 3.14. The van der Waals surface area contributed by atoms with E-state index in [0.29, 0.717) is 11.6 Å². The molecule has 0 aliphatic carbocycles. The molecule has 0 spiro atoms. The first kappa shape index (κ1) is 15.3. The standard InChI is InChI=1S/C14H22N6O/c1-5-6-7-8-11-17-12(14(2,3)4)18-20(11)13(21)19-10-15-9-16-19/h9-10H,5-8H2,1-4H3. The fraction of sp³-hybridized carbons (Fsp3) is 0.643. The molecule has 2 aromatic rings. The first-order valence-corrected chi connectivity index (χ1v) is 7.29. The van der Waals surface area contributed by atoms with Crippen LogP contribution in [0.3, 0.4) is 0 Å². The van der Waals surface area contributed by atoms with Crippen molar-refractivity contribution in [2.24, 2.45) is 0 Å². The maximum Gasteiger partial charge on any atom is 0.372 e. The summed E-state index contributed by atoms with van der Waals surface area (Å²) < 4.78 is 2.52. The summed E-state index contributed by atoms with van der Waals surface area (Å²) in [7, 11) is 0. The Morgan fingerprint density at radius 1 is 1.29 bits per heavy atom. The van der Waals surface area contributed by atoms with Gasteiger partial charge in [0.1, 0.15) is 18.5 Å². The summed E-state index contributed by atoms with van der Waals surface area (Å²) in [6.07, 6.45) is 6.65. The lowest BCUT2D eigenvalue weighted by Gasteiger charge is -2.12. The van der Waals surface area contributed by atoms with Crippen LogP contribution in [0.5, 0.6) is 0 Å². The van der Waals surface area contributed by atoms with Gasteiger partial charge in [-0.25, -0.2) is 14.8 Å². The maximum atomic E-state index is 12.4. The fourth-order valence-electron chi connectivity index (χ4n) is 1.91. The largest absolute Gasteiger partial charge is 0.372 e. The van der Waals surface area contributed by atoms with Gasteiger partial charge in [-0.3, -0.25) is 0 Å². The second-order valence-corrected chi connectivity index (χ2v) is 6.09. The topological polar surface area (TPSA) is 78.5 Å². The summed E-state index contributed by atoms with van der Waals surface area (Å²) in [6, 6.07) is -0.345. The van der Waals surface area contributed by atoms with Crippen molar-refractivity contribution in [2.45, 2.75) is 58.8 Å². The normalized spacial score (nSPS) is 11.8. The van der Waals surface area contributed by atoms with Crippen LogP contribution < -0.4 is 0 Å². The van der Waals surface area contributed by atoms with Crippen LogP contribution in [0.15, 0.2) is 12.7 Å². The monoisotopic (exact) mass is 290 g/mol. The molecule has 0 bridgehead atoms. The molecule has 2 aromatic heterocycles. The Hall–Kier alpha value is -2.05. The molecule has 0 aromatic carbocycles. The maximum absolute atomic E-state index is 12.4. The summed E-state index contributed by atoms with van der Waals surface area (Å²) in [5, 5.41) is 8.25. The predicted octanol–water partition coefficient (Wildman–Crippen LogP) is 2.42. The predicted molar refractivity (Wildman–Crippen MR) is 78.2 cm³/mol. The summed E-state index contributed by atoms with van der Waals surface area (Å²) in [5.41, 5.74) is -0.201. The van der Waals surface area contributed by atoms with Gasteiger partial charge in [-0.15, -0.1) is 5.10 Å². The SMILES string of the molecule is CCCCCc1nc(C(C)(C)C)nn1C(=O)n1cncn1. The van der Waals surface area contributed by atoms with E-state index < -0.39 is 0 Å². The lowest BCUT2D eigenvalue weighted by Crippen LogP contribution is -2.24. The van der Waals surface area contributed by atoms with Gasteiger partial charge in [0, 0.05) is 11.8 Å². The average molecular weight is 290 g/mol. The number of carbonyl (C=O) groups excluding carboxylic acids is 1. The summed E-state index contributed by atoms with van der Waals surface area (Å²) in [5.74, 6) is 1.36. The van der Waals surface area contributed by atoms with E-state index in [1.807, 2.05) is 20.8 Å². The van der Waals surface area contributed by atoms with Crippen molar-refractivity contribution in [1.29, 1.82) is 0 Å². The van der Waals surface area contributed by atoms with Crippen LogP contribution in [-0.4, -0.2) is 35.6 Å². The van der Waals surface area contributed by atoms with Gasteiger partial charge >= 0.3 is 6.03 Å². The lowest BCUT2D eigenvalue weighted by molar-refractivity contribution is 0.237. The quantitative estimate of drug-likeness (QED) is 0.808. The highest BCUT2D eigenvalue weighted by Crippen LogP contribution is 2.19. The van der Waals surface area contributed by atoms with Crippen molar-refractivity contribution in [3.63, 3.8) is 0 Å². The molecule has 21 heavy (non-hydrogen) atoms. The Kier molecular flexibility index (Phi) is 4.50. The first-order valence-electron chi connectivity index (χ1n) is 7.29. The molecule has 0 N–H and O–H groups in total. The second kappa shape index (κ2) is 6.15. The summed E-state index contributed by atoms with van der Waals surface area (Å²) in [6.45, 7) is 8.24. The number of carbonyl (C=O) groups is 1. The van der Waals surface area contributed by atoms with E-state index in [0.717, 1.165) is 25.7 Å². The van der Waals surface area contributed by atoms with Crippen molar-refractivity contribution in [3.05, 3.63) is 24.3 Å². The van der Waals surface area contributed by atoms with Crippen LogP contribution in [0.2, 0.25) is 0 Å². The molecule has 2 heterocycles. The molecule has 7 nitrogen and oxygen atoms in total. The van der Waals surface area contributed by atoms with Crippen molar-refractivity contribution >= 4 is 6.03 Å². The Morgan fingerprint density at radius 2 is 2.05 bits per heavy atom. The van der Waals surface area contributed by atoms with Gasteiger partial charge in [0.2, 0.25) is 0 Å². The van der Waals surface area contributed by atoms with Gasteiger partial charge in [0.05, 0.1) is 0 Å². The van der Waals surface area contributed by atoms with Crippen molar-refractivity contribution in [1.82, 2.24) is 29.5 Å². The second-order valence-electron chi connectivity index (χ2n) is 6.09. The fourth-order valence-corrected chi connectivity index (χ4v) is 1.91. The number of unbranched alkanes of at least 4 members (excludes halogenated alkanes) is 2. The molecule has 0 radical (unpaired) electrons. The van der Waals surface area contributed by atoms with Crippen LogP contribution in [0.25, 0.3) is 0 Å². The van der Waals surface area contributed by atoms with E-state index >= 15 is 0 Å². The molecule has 0 atom stereocenters. The van der Waals surface area contributed by atoms with Gasteiger partial charge < -0.3 is 0 Å². The van der Waals surface area contributed by atoms with Crippen LogP contribution in [0, 0.1) is 0 Å². The third kappa shape index (κ3) is 3.53. The molecule has 0 aliphatic heterocycles. The zero-order valence-corrected chi connectivity index (χ0v) is 13.1. The van der Waals surface area contributed by atoms with Crippen molar-refractivity contribution in [3.8, 4) is 0 Å². The van der Waals surface area contributed by atoms with Crippen LogP contribution in [0.1, 0.15) is 58.6 Å². The third-order valence-electron chi connectivity index (χ3n) is 3.14. The van der Waals surface area contributed by atoms with Gasteiger partial charge in [0.15, 0.2) is 5.82 Å². The highest BCUT2D eigenvalue weighted by Gasteiger charge is 2.24. The van der Waals surface area contributed by atoms with E-state index in [1.165, 1.54) is 22.0 Å². The minimum absolute atomic E-state index is 0.201. The molecule has 0 saturated heterocycles. The van der Waals surface area contributed by atoms with Crippen molar-refractivity contribution in [2.75, 3.05) is 0 Å². The van der Waals surface area contributed by atoms with Gasteiger partial charge in [-0.1, -0.05) is 40.5 Å². The van der Waals surface area contributed by atoms with E-state index in [2.05, 4.69) is 27.1 Å².